The third kappa shape index (κ3) is 4.54. The van der Waals surface area contributed by atoms with Gasteiger partial charge in [0.2, 0.25) is 10.0 Å². The summed E-state index contributed by atoms with van der Waals surface area (Å²) in [6.45, 7) is 4.30. The van der Waals surface area contributed by atoms with Crippen LogP contribution in [0.2, 0.25) is 0 Å². The number of carbonyl (C=O) groups excluding carboxylic acids is 1. The Kier molecular flexibility index (Phi) is 5.78. The summed E-state index contributed by atoms with van der Waals surface area (Å²) in [7, 11) is -3.75. The fourth-order valence-electron chi connectivity index (χ4n) is 3.59. The van der Waals surface area contributed by atoms with Crippen molar-refractivity contribution in [1.82, 2.24) is 10.3 Å². The standard InChI is InChI=1S/C25H23N3O3S/c1-16-7-8-17(2)21(13-16)24-14-22(20-5-3-4-6-23(20)28-24)25(29)27-15-18-9-11-19(12-10-18)32(26,30)31/h3-14H,15H2,1-2H3,(H,27,29)(H2,26,30,31). The number of rotatable bonds is 5. The van der Waals surface area contributed by atoms with Gasteiger partial charge in [-0.15, -0.1) is 0 Å². The summed E-state index contributed by atoms with van der Waals surface area (Å²) in [5, 5.41) is 8.83. The van der Waals surface area contributed by atoms with Crippen molar-refractivity contribution in [2.24, 2.45) is 5.14 Å². The molecule has 7 heteroatoms. The first-order chi connectivity index (χ1) is 15.2. The van der Waals surface area contributed by atoms with Crippen molar-refractivity contribution in [3.05, 3.63) is 95.1 Å². The Morgan fingerprint density at radius 1 is 0.969 bits per heavy atom. The maximum Gasteiger partial charge on any atom is 0.252 e. The second-order valence-corrected chi connectivity index (χ2v) is 9.32. The Labute approximate surface area is 187 Å². The van der Waals surface area contributed by atoms with Gasteiger partial charge in [0, 0.05) is 17.5 Å². The summed E-state index contributed by atoms with van der Waals surface area (Å²) < 4.78 is 22.8. The van der Waals surface area contributed by atoms with E-state index in [2.05, 4.69) is 17.4 Å². The zero-order valence-electron chi connectivity index (χ0n) is 17.8. The van der Waals surface area contributed by atoms with E-state index < -0.39 is 10.0 Å². The Bertz CT molecular complexity index is 1430. The number of fused-ring (bicyclic) bond motifs is 1. The van der Waals surface area contributed by atoms with Crippen molar-refractivity contribution in [3.8, 4) is 11.3 Å². The van der Waals surface area contributed by atoms with Gasteiger partial charge < -0.3 is 5.32 Å². The molecule has 4 aromatic rings. The zero-order valence-corrected chi connectivity index (χ0v) is 18.6. The number of aryl methyl sites for hydroxylation is 2. The minimum absolute atomic E-state index is 0.0332. The van der Waals surface area contributed by atoms with Gasteiger partial charge in [0.15, 0.2) is 0 Å². The maximum atomic E-state index is 13.1. The molecular weight excluding hydrogens is 422 g/mol. The molecule has 0 spiro atoms. The van der Waals surface area contributed by atoms with E-state index in [1.165, 1.54) is 12.1 Å². The van der Waals surface area contributed by atoms with E-state index in [-0.39, 0.29) is 17.3 Å². The Balaban J connectivity index is 1.67. The smallest absolute Gasteiger partial charge is 0.252 e. The van der Waals surface area contributed by atoms with Crippen LogP contribution in [-0.4, -0.2) is 19.3 Å². The third-order valence-corrected chi connectivity index (χ3v) is 6.26. The van der Waals surface area contributed by atoms with E-state index in [0.29, 0.717) is 5.56 Å². The van der Waals surface area contributed by atoms with Crippen LogP contribution in [0.3, 0.4) is 0 Å². The van der Waals surface area contributed by atoms with Crippen LogP contribution in [0.1, 0.15) is 27.0 Å². The molecule has 0 radical (unpaired) electrons. The van der Waals surface area contributed by atoms with Crippen LogP contribution in [0.25, 0.3) is 22.2 Å². The van der Waals surface area contributed by atoms with E-state index in [0.717, 1.165) is 38.9 Å². The molecule has 1 heterocycles. The van der Waals surface area contributed by atoms with Gasteiger partial charge in [0.1, 0.15) is 0 Å². The number of hydrogen-bond donors (Lipinski definition) is 2. The fraction of sp³-hybridized carbons (Fsp3) is 0.120. The topological polar surface area (TPSA) is 102 Å². The second-order valence-electron chi connectivity index (χ2n) is 7.76. The van der Waals surface area contributed by atoms with E-state index in [1.54, 1.807) is 12.1 Å². The number of pyridine rings is 1. The number of hydrogen-bond acceptors (Lipinski definition) is 4. The summed E-state index contributed by atoms with van der Waals surface area (Å²) in [4.78, 5) is 18.0. The summed E-state index contributed by atoms with van der Waals surface area (Å²) in [5.41, 5.74) is 5.98. The number of sulfonamides is 1. The molecule has 0 aliphatic heterocycles. The molecular formula is C25H23N3O3S. The second kappa shape index (κ2) is 8.53. The lowest BCUT2D eigenvalue weighted by atomic mass is 9.99. The van der Waals surface area contributed by atoms with Gasteiger partial charge in [-0.05, 0) is 55.3 Å². The van der Waals surface area contributed by atoms with Crippen molar-refractivity contribution in [2.75, 3.05) is 0 Å². The number of aromatic nitrogens is 1. The first-order valence-corrected chi connectivity index (χ1v) is 11.6. The lowest BCUT2D eigenvalue weighted by molar-refractivity contribution is 0.0952. The Morgan fingerprint density at radius 2 is 1.69 bits per heavy atom. The monoisotopic (exact) mass is 445 g/mol. The summed E-state index contributed by atoms with van der Waals surface area (Å²) in [5.74, 6) is -0.231. The largest absolute Gasteiger partial charge is 0.348 e. The summed E-state index contributed by atoms with van der Waals surface area (Å²) in [6.07, 6.45) is 0. The summed E-state index contributed by atoms with van der Waals surface area (Å²) >= 11 is 0. The molecule has 1 amide bonds. The number of nitrogens with one attached hydrogen (secondary N) is 1. The van der Waals surface area contributed by atoms with Gasteiger partial charge in [0.25, 0.3) is 5.91 Å². The van der Waals surface area contributed by atoms with Crippen molar-refractivity contribution < 1.29 is 13.2 Å². The number of amides is 1. The van der Waals surface area contributed by atoms with Crippen LogP contribution >= 0.6 is 0 Å². The van der Waals surface area contributed by atoms with Crippen LogP contribution in [0, 0.1) is 13.8 Å². The average molecular weight is 446 g/mol. The van der Waals surface area contributed by atoms with Crippen LogP contribution in [0.5, 0.6) is 0 Å². The third-order valence-electron chi connectivity index (χ3n) is 5.33. The van der Waals surface area contributed by atoms with Gasteiger partial charge in [-0.1, -0.05) is 48.0 Å². The number of para-hydroxylation sites is 1. The highest BCUT2D eigenvalue weighted by Crippen LogP contribution is 2.28. The highest BCUT2D eigenvalue weighted by Gasteiger charge is 2.15. The molecule has 162 valence electrons. The number of nitrogens with zero attached hydrogens (tertiary/aromatic N) is 1. The van der Waals surface area contributed by atoms with Gasteiger partial charge in [0.05, 0.1) is 21.7 Å². The first kappa shape index (κ1) is 21.7. The number of nitrogens with two attached hydrogens (primary N) is 1. The minimum Gasteiger partial charge on any atom is -0.348 e. The molecule has 0 atom stereocenters. The van der Waals surface area contributed by atoms with E-state index in [4.69, 9.17) is 10.1 Å². The molecule has 3 N–H and O–H groups in total. The molecule has 1 aromatic heterocycles. The van der Waals surface area contributed by atoms with Crippen molar-refractivity contribution in [3.63, 3.8) is 0 Å². The van der Waals surface area contributed by atoms with E-state index >= 15 is 0 Å². The van der Waals surface area contributed by atoms with Gasteiger partial charge in [-0.2, -0.15) is 0 Å². The normalized spacial score (nSPS) is 11.5. The Morgan fingerprint density at radius 3 is 2.41 bits per heavy atom. The Hall–Kier alpha value is -3.55. The highest BCUT2D eigenvalue weighted by molar-refractivity contribution is 7.89. The predicted octanol–water partition coefficient (Wildman–Crippen LogP) is 4.10. The van der Waals surface area contributed by atoms with Crippen LogP contribution in [0.4, 0.5) is 0 Å². The maximum absolute atomic E-state index is 13.1. The molecule has 4 rings (SSSR count). The number of primary sulfonamides is 1. The zero-order chi connectivity index (χ0) is 22.9. The molecule has 0 saturated heterocycles. The number of benzene rings is 3. The van der Waals surface area contributed by atoms with Gasteiger partial charge in [-0.25, -0.2) is 18.5 Å². The van der Waals surface area contributed by atoms with Crippen molar-refractivity contribution in [2.45, 2.75) is 25.3 Å². The predicted molar refractivity (Wildman–Crippen MR) is 126 cm³/mol. The van der Waals surface area contributed by atoms with Crippen molar-refractivity contribution >= 4 is 26.8 Å². The molecule has 0 fully saturated rings. The quantitative estimate of drug-likeness (QED) is 0.483. The molecule has 0 aliphatic rings. The van der Waals surface area contributed by atoms with E-state index in [1.807, 2.05) is 50.2 Å². The van der Waals surface area contributed by atoms with E-state index in [9.17, 15) is 13.2 Å². The molecule has 32 heavy (non-hydrogen) atoms. The SMILES string of the molecule is Cc1ccc(C)c(-c2cc(C(=O)NCc3ccc(S(N)(=O)=O)cc3)c3ccccc3n2)c1. The average Bonchev–Trinajstić information content (AvgIpc) is 2.78. The van der Waals surface area contributed by atoms with Crippen LogP contribution in [-0.2, 0) is 16.6 Å². The van der Waals surface area contributed by atoms with Gasteiger partial charge >= 0.3 is 0 Å². The molecule has 6 nitrogen and oxygen atoms in total. The molecule has 3 aromatic carbocycles. The van der Waals surface area contributed by atoms with Crippen LogP contribution in [0.15, 0.2) is 77.7 Å². The van der Waals surface area contributed by atoms with Gasteiger partial charge in [-0.3, -0.25) is 4.79 Å². The summed E-state index contributed by atoms with van der Waals surface area (Å²) in [6, 6.07) is 21.7. The number of carbonyl (C=O) groups is 1. The lowest BCUT2D eigenvalue weighted by Crippen LogP contribution is -2.23. The van der Waals surface area contributed by atoms with Crippen molar-refractivity contribution in [1.29, 1.82) is 0 Å². The lowest BCUT2D eigenvalue weighted by Gasteiger charge is -2.12. The van der Waals surface area contributed by atoms with Crippen LogP contribution < -0.4 is 10.5 Å². The molecule has 0 unspecified atom stereocenters. The molecule has 0 bridgehead atoms. The highest BCUT2D eigenvalue weighted by atomic mass is 32.2. The minimum atomic E-state index is -3.75. The fourth-order valence-corrected chi connectivity index (χ4v) is 4.10. The molecule has 0 aliphatic carbocycles. The molecule has 0 saturated carbocycles. The first-order valence-electron chi connectivity index (χ1n) is 10.1.